The highest BCUT2D eigenvalue weighted by molar-refractivity contribution is 7.47. The summed E-state index contributed by atoms with van der Waals surface area (Å²) in [5.74, 6) is -1.34. The van der Waals surface area contributed by atoms with Gasteiger partial charge in [0.2, 0.25) is 0 Å². The van der Waals surface area contributed by atoms with Gasteiger partial charge in [0.15, 0.2) is 12.2 Å². The molecular weight excluding hydrogens is 1290 g/mol. The summed E-state index contributed by atoms with van der Waals surface area (Å²) in [6.45, 7) is 7.33. The van der Waals surface area contributed by atoms with Crippen molar-refractivity contribution in [1.82, 2.24) is 0 Å². The molecule has 2 unspecified atom stereocenters. The van der Waals surface area contributed by atoms with Crippen LogP contribution in [0.1, 0.15) is 426 Å². The number of aliphatic hydroxyl groups excluding tert-OH is 1. The Morgan fingerprint density at radius 2 is 0.465 bits per heavy atom. The summed E-state index contributed by atoms with van der Waals surface area (Å²) in [7, 11) is -9.92. The van der Waals surface area contributed by atoms with Crippen molar-refractivity contribution < 1.29 is 80.2 Å². The first-order valence-electron chi connectivity index (χ1n) is 41.6. The summed E-state index contributed by atoms with van der Waals surface area (Å²) >= 11 is 0. The number of phosphoric acid groups is 2. The molecule has 0 aliphatic heterocycles. The number of hydrogen-bond acceptors (Lipinski definition) is 15. The fourth-order valence-corrected chi connectivity index (χ4v) is 14.0. The van der Waals surface area contributed by atoms with Crippen molar-refractivity contribution in [1.29, 1.82) is 0 Å². The number of esters is 4. The van der Waals surface area contributed by atoms with E-state index in [2.05, 4.69) is 34.6 Å². The topological polar surface area (TPSA) is 237 Å². The first kappa shape index (κ1) is 97.1. The number of unbranched alkanes of at least 4 members (excludes halogenated alkanes) is 52. The molecule has 0 aromatic rings. The van der Waals surface area contributed by atoms with Gasteiger partial charge in [-0.2, -0.15) is 0 Å². The first-order valence-corrected chi connectivity index (χ1v) is 44.6. The van der Waals surface area contributed by atoms with Gasteiger partial charge >= 0.3 is 39.5 Å². The zero-order chi connectivity index (χ0) is 72.7. The minimum absolute atomic E-state index is 0.107. The minimum Gasteiger partial charge on any atom is -0.462 e. The highest BCUT2D eigenvalue weighted by Gasteiger charge is 2.30. The molecule has 0 heterocycles. The third-order valence-electron chi connectivity index (χ3n) is 18.8. The summed E-state index contributed by atoms with van der Waals surface area (Å²) < 4.78 is 68.7. The SMILES string of the molecule is CCCCCCCCCCCCCCCCCCCCC(=O)O[C@H](COC(=O)CCCCCCCCCCCCCCCCC)COP(=O)(O)OC[C@@H](O)COP(=O)(O)OC[C@@H](COC(=O)CCCCCCCCCCCCCC)OC(=O)CCCCCCCCCCCCCC(C)C. The predicted molar refractivity (Wildman–Crippen MR) is 405 cm³/mol. The molecule has 0 aliphatic rings. The van der Waals surface area contributed by atoms with Crippen molar-refractivity contribution in [3.05, 3.63) is 0 Å². The van der Waals surface area contributed by atoms with Gasteiger partial charge in [-0.15, -0.1) is 0 Å². The highest BCUT2D eigenvalue weighted by Crippen LogP contribution is 2.45. The lowest BCUT2D eigenvalue weighted by Crippen LogP contribution is -2.30. The number of rotatable bonds is 80. The molecule has 0 aliphatic carbocycles. The standard InChI is InChI=1S/C80H156O17P2/c1-6-9-12-15-18-21-24-27-29-30-31-33-35-40-45-50-55-60-65-79(84)96-75(70-91-78(83)64-59-54-49-44-39-34-32-28-25-22-19-16-13-10-7-2)71-94-98(86,87)92-67-74(81)68-93-99(88,89)95-72-76(69-90-77(82)63-58-53-48-43-38-26-23-20-17-14-11-8-3)97-80(85)66-61-56-51-46-41-36-37-42-47-52-57-62-73(4)5/h73-76,81H,6-72H2,1-5H3,(H,86,87)(H,88,89)/t74-,75-,76-/m1/s1. The van der Waals surface area contributed by atoms with Crippen LogP contribution in [0.4, 0.5) is 0 Å². The average Bonchev–Trinajstić information content (AvgIpc) is 1.16. The van der Waals surface area contributed by atoms with Gasteiger partial charge in [-0.3, -0.25) is 37.3 Å². The molecule has 0 bridgehead atoms. The molecule has 0 aromatic heterocycles. The van der Waals surface area contributed by atoms with E-state index in [1.54, 1.807) is 0 Å². The van der Waals surface area contributed by atoms with E-state index in [9.17, 15) is 43.2 Å². The number of ether oxygens (including phenoxy) is 4. The van der Waals surface area contributed by atoms with Crippen LogP contribution in [0.15, 0.2) is 0 Å². The Balaban J connectivity index is 5.26. The summed E-state index contributed by atoms with van der Waals surface area (Å²) in [6, 6.07) is 0. The van der Waals surface area contributed by atoms with Gasteiger partial charge in [0.1, 0.15) is 19.3 Å². The fraction of sp³-hybridized carbons (Fsp3) is 0.950. The third kappa shape index (κ3) is 74.1. The average molecular weight is 1450 g/mol. The Hall–Kier alpha value is -1.94. The van der Waals surface area contributed by atoms with E-state index in [0.29, 0.717) is 25.7 Å². The van der Waals surface area contributed by atoms with Gasteiger partial charge in [0.25, 0.3) is 0 Å². The fourth-order valence-electron chi connectivity index (χ4n) is 12.4. The molecule has 0 amide bonds. The lowest BCUT2D eigenvalue weighted by Gasteiger charge is -2.21. The van der Waals surface area contributed by atoms with Crippen LogP contribution in [0.25, 0.3) is 0 Å². The van der Waals surface area contributed by atoms with Crippen LogP contribution in [0.2, 0.25) is 0 Å². The van der Waals surface area contributed by atoms with Gasteiger partial charge in [-0.1, -0.05) is 375 Å². The maximum Gasteiger partial charge on any atom is 0.472 e. The van der Waals surface area contributed by atoms with Gasteiger partial charge in [-0.05, 0) is 31.6 Å². The number of carbonyl (C=O) groups is 4. The summed E-state index contributed by atoms with van der Waals surface area (Å²) in [4.78, 5) is 73.0. The van der Waals surface area contributed by atoms with Gasteiger partial charge < -0.3 is 33.8 Å². The Kier molecular flexibility index (Phi) is 71.6. The van der Waals surface area contributed by atoms with E-state index >= 15 is 0 Å². The van der Waals surface area contributed by atoms with Crippen LogP contribution >= 0.6 is 15.6 Å². The largest absolute Gasteiger partial charge is 0.472 e. The van der Waals surface area contributed by atoms with E-state index in [4.69, 9.17) is 37.0 Å². The molecule has 0 rings (SSSR count). The van der Waals surface area contributed by atoms with E-state index in [-0.39, 0.29) is 25.7 Å². The Morgan fingerprint density at radius 1 is 0.273 bits per heavy atom. The highest BCUT2D eigenvalue weighted by atomic mass is 31.2. The van der Waals surface area contributed by atoms with Gasteiger partial charge in [0.05, 0.1) is 26.4 Å². The second-order valence-corrected chi connectivity index (χ2v) is 32.2. The lowest BCUT2D eigenvalue weighted by molar-refractivity contribution is -0.161. The van der Waals surface area contributed by atoms with Crippen molar-refractivity contribution in [2.75, 3.05) is 39.6 Å². The van der Waals surface area contributed by atoms with Crippen LogP contribution in [-0.4, -0.2) is 96.7 Å². The quantitative estimate of drug-likeness (QED) is 0.0222. The molecule has 0 radical (unpaired) electrons. The molecule has 0 spiro atoms. The normalized spacial score (nSPS) is 13.9. The lowest BCUT2D eigenvalue weighted by atomic mass is 10.0. The molecule has 0 saturated heterocycles. The zero-order valence-corrected chi connectivity index (χ0v) is 66.4. The molecule has 0 fully saturated rings. The Morgan fingerprint density at radius 3 is 0.687 bits per heavy atom. The maximum atomic E-state index is 13.1. The summed E-state index contributed by atoms with van der Waals surface area (Å²) in [5.41, 5.74) is 0. The molecule has 5 atom stereocenters. The first-order chi connectivity index (χ1) is 48.0. The van der Waals surface area contributed by atoms with Crippen molar-refractivity contribution in [3.8, 4) is 0 Å². The predicted octanol–water partition coefficient (Wildman–Crippen LogP) is 24.0. The van der Waals surface area contributed by atoms with E-state index in [1.807, 2.05) is 0 Å². The van der Waals surface area contributed by atoms with Gasteiger partial charge in [0, 0.05) is 25.7 Å². The summed E-state index contributed by atoms with van der Waals surface area (Å²) in [6.07, 6.45) is 63.7. The Bertz CT molecular complexity index is 1890. The number of carbonyl (C=O) groups excluding carboxylic acids is 4. The smallest absolute Gasteiger partial charge is 0.462 e. The second kappa shape index (κ2) is 73.0. The summed E-state index contributed by atoms with van der Waals surface area (Å²) in [5, 5.41) is 10.6. The van der Waals surface area contributed by atoms with Crippen LogP contribution in [0, 0.1) is 5.92 Å². The van der Waals surface area contributed by atoms with Crippen LogP contribution in [0.5, 0.6) is 0 Å². The molecule has 0 aromatic carbocycles. The monoisotopic (exact) mass is 1450 g/mol. The van der Waals surface area contributed by atoms with Crippen LogP contribution < -0.4 is 0 Å². The molecule has 588 valence electrons. The maximum absolute atomic E-state index is 13.1. The second-order valence-electron chi connectivity index (χ2n) is 29.3. The molecule has 3 N–H and O–H groups in total. The van der Waals surface area contributed by atoms with Crippen molar-refractivity contribution in [2.45, 2.75) is 445 Å². The number of aliphatic hydroxyl groups is 1. The van der Waals surface area contributed by atoms with Crippen molar-refractivity contribution >= 4 is 39.5 Å². The molecular formula is C80H156O17P2. The Labute approximate surface area is 607 Å². The molecule has 19 heteroatoms. The van der Waals surface area contributed by atoms with Crippen LogP contribution in [-0.2, 0) is 65.4 Å². The number of phosphoric ester groups is 2. The van der Waals surface area contributed by atoms with E-state index in [1.165, 1.54) is 250 Å². The van der Waals surface area contributed by atoms with E-state index < -0.39 is 97.5 Å². The molecule has 99 heavy (non-hydrogen) atoms. The zero-order valence-electron chi connectivity index (χ0n) is 64.6. The van der Waals surface area contributed by atoms with E-state index in [0.717, 1.165) is 95.8 Å². The minimum atomic E-state index is -4.96. The van der Waals surface area contributed by atoms with Crippen molar-refractivity contribution in [2.24, 2.45) is 5.92 Å². The number of hydrogen-bond donors (Lipinski definition) is 3. The van der Waals surface area contributed by atoms with Crippen LogP contribution in [0.3, 0.4) is 0 Å². The molecule has 17 nitrogen and oxygen atoms in total. The van der Waals surface area contributed by atoms with Crippen molar-refractivity contribution in [3.63, 3.8) is 0 Å². The van der Waals surface area contributed by atoms with Gasteiger partial charge in [-0.25, -0.2) is 9.13 Å². The molecule has 0 saturated carbocycles. The third-order valence-corrected chi connectivity index (χ3v) is 20.7.